The number of methoxy groups -OCH3 is 1. The minimum atomic E-state index is -0.523. The van der Waals surface area contributed by atoms with Crippen molar-refractivity contribution in [3.63, 3.8) is 0 Å². The number of benzene rings is 1. The van der Waals surface area contributed by atoms with Gasteiger partial charge in [-0.05, 0) is 35.1 Å². The van der Waals surface area contributed by atoms with Gasteiger partial charge in [0.1, 0.15) is 11.3 Å². The first-order chi connectivity index (χ1) is 7.58. The molecule has 16 heavy (non-hydrogen) atoms. The summed E-state index contributed by atoms with van der Waals surface area (Å²) in [5, 5.41) is 9.66. The van der Waals surface area contributed by atoms with Crippen LogP contribution in [0.25, 0.3) is 0 Å². The number of esters is 1. The second kappa shape index (κ2) is 5.89. The summed E-state index contributed by atoms with van der Waals surface area (Å²) >= 11 is 2.17. The van der Waals surface area contributed by atoms with Crippen molar-refractivity contribution in [2.24, 2.45) is 0 Å². The molecule has 0 amide bonds. The molecule has 0 radical (unpaired) electrons. The molecular formula is C12H13IO3. The zero-order valence-corrected chi connectivity index (χ0v) is 11.3. The molecule has 1 aromatic rings. The Bertz CT molecular complexity index is 424. The molecule has 0 saturated heterocycles. The third kappa shape index (κ3) is 3.23. The summed E-state index contributed by atoms with van der Waals surface area (Å²) in [6.07, 6.45) is 0.762. The van der Waals surface area contributed by atoms with Crippen LogP contribution >= 0.6 is 22.6 Å². The normalized spacial score (nSPS) is 11.3. The van der Waals surface area contributed by atoms with Crippen LogP contribution in [0.1, 0.15) is 22.8 Å². The molecule has 0 heterocycles. The van der Waals surface area contributed by atoms with Crippen molar-refractivity contribution in [1.29, 1.82) is 0 Å². The summed E-state index contributed by atoms with van der Waals surface area (Å²) in [6.45, 7) is 2.01. The van der Waals surface area contributed by atoms with Crippen LogP contribution in [0.3, 0.4) is 0 Å². The topological polar surface area (TPSA) is 46.5 Å². The van der Waals surface area contributed by atoms with E-state index in [1.165, 1.54) is 12.7 Å². The second-order valence-electron chi connectivity index (χ2n) is 3.48. The van der Waals surface area contributed by atoms with E-state index in [4.69, 9.17) is 0 Å². The minimum Gasteiger partial charge on any atom is -0.507 e. The van der Waals surface area contributed by atoms with Gasteiger partial charge in [0.25, 0.3) is 0 Å². The monoisotopic (exact) mass is 332 g/mol. The molecule has 86 valence electrons. The van der Waals surface area contributed by atoms with Gasteiger partial charge in [0.2, 0.25) is 0 Å². The van der Waals surface area contributed by atoms with Crippen LogP contribution < -0.4 is 0 Å². The Kier molecular flexibility index (Phi) is 4.79. The van der Waals surface area contributed by atoms with Crippen LogP contribution in [0.4, 0.5) is 0 Å². The summed E-state index contributed by atoms with van der Waals surface area (Å²) in [5.74, 6) is -0.559. The molecule has 0 fully saturated rings. The maximum Gasteiger partial charge on any atom is 0.341 e. The molecule has 0 aliphatic heterocycles. The average molecular weight is 332 g/mol. The van der Waals surface area contributed by atoms with Crippen molar-refractivity contribution >= 4 is 28.6 Å². The highest BCUT2D eigenvalue weighted by molar-refractivity contribution is 14.1. The standard InChI is InChI=1S/C12H13IO3/c1-8(7-13)5-9-3-4-10(11(14)6-9)12(15)16-2/h3-4,6-7,14H,5H2,1-2H3. The third-order valence-corrected chi connectivity index (χ3v) is 3.20. The summed E-state index contributed by atoms with van der Waals surface area (Å²) < 4.78 is 6.54. The summed E-state index contributed by atoms with van der Waals surface area (Å²) in [4.78, 5) is 11.2. The number of phenols is 1. The van der Waals surface area contributed by atoms with E-state index < -0.39 is 5.97 Å². The predicted octanol–water partition coefficient (Wildman–Crippen LogP) is 3.06. The highest BCUT2D eigenvalue weighted by Crippen LogP contribution is 2.21. The number of aromatic hydroxyl groups is 1. The quantitative estimate of drug-likeness (QED) is 0.684. The summed E-state index contributed by atoms with van der Waals surface area (Å²) in [7, 11) is 1.29. The van der Waals surface area contributed by atoms with E-state index in [0.29, 0.717) is 0 Å². The Morgan fingerprint density at radius 1 is 1.56 bits per heavy atom. The molecule has 0 spiro atoms. The molecule has 0 aromatic heterocycles. The zero-order valence-electron chi connectivity index (χ0n) is 9.16. The Balaban J connectivity index is 2.95. The minimum absolute atomic E-state index is 0.0365. The molecule has 1 rings (SSSR count). The molecule has 4 heteroatoms. The Hall–Kier alpha value is -1.04. The van der Waals surface area contributed by atoms with Gasteiger partial charge in [0.15, 0.2) is 0 Å². The molecule has 1 aromatic carbocycles. The fraction of sp³-hybridized carbons (Fsp3) is 0.250. The van der Waals surface area contributed by atoms with Crippen molar-refractivity contribution in [2.45, 2.75) is 13.3 Å². The second-order valence-corrected chi connectivity index (χ2v) is 4.10. The van der Waals surface area contributed by atoms with Gasteiger partial charge in [-0.1, -0.05) is 34.2 Å². The van der Waals surface area contributed by atoms with Crippen LogP contribution in [-0.4, -0.2) is 18.2 Å². The maximum absolute atomic E-state index is 11.2. The van der Waals surface area contributed by atoms with Crippen molar-refractivity contribution < 1.29 is 14.6 Å². The Morgan fingerprint density at radius 2 is 2.25 bits per heavy atom. The van der Waals surface area contributed by atoms with Gasteiger partial charge in [-0.3, -0.25) is 0 Å². The van der Waals surface area contributed by atoms with Crippen molar-refractivity contribution in [3.05, 3.63) is 39.0 Å². The molecule has 3 nitrogen and oxygen atoms in total. The molecule has 0 bridgehead atoms. The highest BCUT2D eigenvalue weighted by atomic mass is 127. The lowest BCUT2D eigenvalue weighted by atomic mass is 10.0. The van der Waals surface area contributed by atoms with E-state index in [0.717, 1.165) is 12.0 Å². The summed E-state index contributed by atoms with van der Waals surface area (Å²) in [5.41, 5.74) is 2.36. The Labute approximate surface area is 108 Å². The van der Waals surface area contributed by atoms with E-state index in [1.807, 2.05) is 17.1 Å². The maximum atomic E-state index is 11.2. The lowest BCUT2D eigenvalue weighted by Gasteiger charge is -2.05. The first-order valence-electron chi connectivity index (χ1n) is 4.74. The molecular weight excluding hydrogens is 319 g/mol. The smallest absolute Gasteiger partial charge is 0.341 e. The fourth-order valence-corrected chi connectivity index (χ4v) is 1.55. The van der Waals surface area contributed by atoms with E-state index in [-0.39, 0.29) is 11.3 Å². The lowest BCUT2D eigenvalue weighted by molar-refractivity contribution is 0.0597. The van der Waals surface area contributed by atoms with Crippen molar-refractivity contribution in [1.82, 2.24) is 0 Å². The van der Waals surface area contributed by atoms with E-state index >= 15 is 0 Å². The number of rotatable bonds is 3. The van der Waals surface area contributed by atoms with Gasteiger partial charge in [0.05, 0.1) is 7.11 Å². The van der Waals surface area contributed by atoms with Gasteiger partial charge >= 0.3 is 5.97 Å². The molecule has 0 unspecified atom stereocenters. The SMILES string of the molecule is COC(=O)c1ccc(CC(C)=CI)cc1O. The van der Waals surface area contributed by atoms with Crippen molar-refractivity contribution in [3.8, 4) is 5.75 Å². The lowest BCUT2D eigenvalue weighted by Crippen LogP contribution is -2.01. The highest BCUT2D eigenvalue weighted by Gasteiger charge is 2.11. The number of carbonyl (C=O) groups is 1. The van der Waals surface area contributed by atoms with Gasteiger partial charge in [-0.25, -0.2) is 4.79 Å². The zero-order chi connectivity index (χ0) is 12.1. The third-order valence-electron chi connectivity index (χ3n) is 2.14. The molecule has 0 saturated carbocycles. The van der Waals surface area contributed by atoms with E-state index in [2.05, 4.69) is 27.3 Å². The van der Waals surface area contributed by atoms with Crippen LogP contribution in [0.15, 0.2) is 27.9 Å². The van der Waals surface area contributed by atoms with Crippen LogP contribution in [0.5, 0.6) is 5.75 Å². The molecule has 0 aliphatic carbocycles. The molecule has 0 atom stereocenters. The fourth-order valence-electron chi connectivity index (χ4n) is 1.33. The van der Waals surface area contributed by atoms with Crippen LogP contribution in [0, 0.1) is 0 Å². The first-order valence-corrected chi connectivity index (χ1v) is 5.99. The summed E-state index contributed by atoms with van der Waals surface area (Å²) in [6, 6.07) is 4.99. The largest absolute Gasteiger partial charge is 0.507 e. The predicted molar refractivity (Wildman–Crippen MR) is 70.9 cm³/mol. The number of halogens is 1. The van der Waals surface area contributed by atoms with Gasteiger partial charge in [-0.15, -0.1) is 0 Å². The van der Waals surface area contributed by atoms with Crippen molar-refractivity contribution in [2.75, 3.05) is 7.11 Å². The number of allylic oxidation sites excluding steroid dienone is 1. The van der Waals surface area contributed by atoms with Crippen LogP contribution in [-0.2, 0) is 11.2 Å². The molecule has 0 aliphatic rings. The van der Waals surface area contributed by atoms with E-state index in [1.54, 1.807) is 12.1 Å². The van der Waals surface area contributed by atoms with Gasteiger partial charge in [-0.2, -0.15) is 0 Å². The van der Waals surface area contributed by atoms with Gasteiger partial charge in [0, 0.05) is 0 Å². The number of hydrogen-bond acceptors (Lipinski definition) is 3. The number of hydrogen-bond donors (Lipinski definition) is 1. The first kappa shape index (κ1) is 13.0. The number of phenolic OH excluding ortho intramolecular Hbond substituents is 1. The average Bonchev–Trinajstić information content (AvgIpc) is 2.28. The van der Waals surface area contributed by atoms with Crippen LogP contribution in [0.2, 0.25) is 0 Å². The number of carbonyl (C=O) groups excluding carboxylic acids is 1. The van der Waals surface area contributed by atoms with E-state index in [9.17, 15) is 9.90 Å². The van der Waals surface area contributed by atoms with Gasteiger partial charge < -0.3 is 9.84 Å². The molecule has 1 N–H and O–H groups in total. The Morgan fingerprint density at radius 3 is 2.75 bits per heavy atom. The number of ether oxygens (including phenoxy) is 1.